The quantitative estimate of drug-likeness (QED) is 0.846. The Bertz CT molecular complexity index is 574. The van der Waals surface area contributed by atoms with Gasteiger partial charge in [0.15, 0.2) is 5.03 Å². The van der Waals surface area contributed by atoms with Gasteiger partial charge in [-0.15, -0.1) is 11.3 Å². The first-order valence-corrected chi connectivity index (χ1v) is 7.45. The van der Waals surface area contributed by atoms with Crippen molar-refractivity contribution >= 4 is 21.4 Å². The van der Waals surface area contributed by atoms with Crippen molar-refractivity contribution < 1.29 is 8.42 Å². The van der Waals surface area contributed by atoms with Gasteiger partial charge in [0.1, 0.15) is 5.82 Å². The van der Waals surface area contributed by atoms with E-state index in [1.165, 1.54) is 17.5 Å². The van der Waals surface area contributed by atoms with E-state index in [9.17, 15) is 8.42 Å². The summed E-state index contributed by atoms with van der Waals surface area (Å²) in [6.45, 7) is 2.09. The van der Waals surface area contributed by atoms with Gasteiger partial charge in [0.25, 0.3) is 10.0 Å². The van der Waals surface area contributed by atoms with Gasteiger partial charge in [0.2, 0.25) is 0 Å². The number of hydrogen-bond acceptors (Lipinski definition) is 5. The smallest absolute Gasteiger partial charge is 0.257 e. The van der Waals surface area contributed by atoms with Crippen LogP contribution >= 0.6 is 11.3 Å². The molecule has 6 nitrogen and oxygen atoms in total. The van der Waals surface area contributed by atoms with E-state index in [1.54, 1.807) is 10.9 Å². The van der Waals surface area contributed by atoms with Gasteiger partial charge in [-0.05, 0) is 0 Å². The number of nitrogens with one attached hydrogen (secondary N) is 2. The molecule has 0 spiro atoms. The molecule has 2 N–H and O–H groups in total. The maximum absolute atomic E-state index is 11.8. The monoisotopic (exact) mass is 272 g/mol. The summed E-state index contributed by atoms with van der Waals surface area (Å²) in [6.07, 6.45) is 1.99. The molecule has 0 fully saturated rings. The minimum Gasteiger partial charge on any atom is -0.332 e. The predicted octanol–water partition coefficient (Wildman–Crippen LogP) is 0.907. The van der Waals surface area contributed by atoms with Crippen LogP contribution in [0.4, 0.5) is 0 Å². The van der Waals surface area contributed by atoms with Gasteiger partial charge in [0.05, 0.1) is 23.9 Å². The fourth-order valence-electron chi connectivity index (χ4n) is 1.23. The molecule has 0 radical (unpaired) electrons. The summed E-state index contributed by atoms with van der Waals surface area (Å²) in [5.74, 6) is 0.652. The van der Waals surface area contributed by atoms with Crippen molar-refractivity contribution in [3.63, 3.8) is 0 Å². The van der Waals surface area contributed by atoms with Gasteiger partial charge in [-0.3, -0.25) is 0 Å². The lowest BCUT2D eigenvalue weighted by atomic mass is 10.5. The number of aryl methyl sites for hydroxylation is 1. The van der Waals surface area contributed by atoms with Crippen LogP contribution < -0.4 is 4.72 Å². The highest BCUT2D eigenvalue weighted by Crippen LogP contribution is 2.07. The van der Waals surface area contributed by atoms with Crippen LogP contribution in [0.15, 0.2) is 22.1 Å². The third-order valence-corrected chi connectivity index (χ3v) is 4.10. The van der Waals surface area contributed by atoms with E-state index in [0.717, 1.165) is 0 Å². The standard InChI is InChI=1S/C9H12N4O2S2/c1-2-8-10-4-9(13-8)17(14,15)12-3-7-5-16-6-11-7/h4-6,12H,2-3H2,1H3,(H,10,13). The molecular formula is C9H12N4O2S2. The molecule has 0 unspecified atom stereocenters. The number of nitrogens with zero attached hydrogens (tertiary/aromatic N) is 2. The molecule has 0 amide bonds. The predicted molar refractivity (Wildman–Crippen MR) is 64.1 cm³/mol. The molecular weight excluding hydrogens is 260 g/mol. The third kappa shape index (κ3) is 2.90. The minimum absolute atomic E-state index is 0.0876. The molecule has 0 aliphatic rings. The zero-order valence-corrected chi connectivity index (χ0v) is 10.8. The number of rotatable bonds is 5. The highest BCUT2D eigenvalue weighted by molar-refractivity contribution is 7.89. The topological polar surface area (TPSA) is 87.7 Å². The summed E-state index contributed by atoms with van der Waals surface area (Å²) in [5, 5.41) is 1.89. The molecule has 0 saturated heterocycles. The van der Waals surface area contributed by atoms with Gasteiger partial charge in [-0.2, -0.15) is 0 Å². The van der Waals surface area contributed by atoms with E-state index in [4.69, 9.17) is 0 Å². The van der Waals surface area contributed by atoms with E-state index in [2.05, 4.69) is 19.7 Å². The van der Waals surface area contributed by atoms with Crippen LogP contribution in [-0.2, 0) is 23.0 Å². The second-order valence-electron chi connectivity index (χ2n) is 3.35. The van der Waals surface area contributed by atoms with E-state index in [1.807, 2.05) is 6.92 Å². The van der Waals surface area contributed by atoms with Gasteiger partial charge >= 0.3 is 0 Å². The summed E-state index contributed by atoms with van der Waals surface area (Å²) in [5.41, 5.74) is 2.36. The number of imidazole rings is 1. The van der Waals surface area contributed by atoms with Crippen molar-refractivity contribution in [3.05, 3.63) is 28.6 Å². The number of aromatic amines is 1. The number of hydrogen-bond donors (Lipinski definition) is 2. The lowest BCUT2D eigenvalue weighted by molar-refractivity contribution is 0.577. The summed E-state index contributed by atoms with van der Waals surface area (Å²) < 4.78 is 26.2. The van der Waals surface area contributed by atoms with Crippen LogP contribution in [0.2, 0.25) is 0 Å². The Morgan fingerprint density at radius 3 is 2.88 bits per heavy atom. The van der Waals surface area contributed by atoms with E-state index < -0.39 is 10.0 Å². The van der Waals surface area contributed by atoms with Crippen molar-refractivity contribution in [2.24, 2.45) is 0 Å². The van der Waals surface area contributed by atoms with Gasteiger partial charge in [-0.1, -0.05) is 6.92 Å². The molecule has 0 atom stereocenters. The Balaban J connectivity index is 2.08. The molecule has 92 valence electrons. The van der Waals surface area contributed by atoms with Crippen LogP contribution in [0.1, 0.15) is 18.4 Å². The molecule has 8 heteroatoms. The fraction of sp³-hybridized carbons (Fsp3) is 0.333. The SMILES string of the molecule is CCc1ncc(S(=O)(=O)NCc2cscn2)[nH]1. The molecule has 2 aromatic heterocycles. The maximum atomic E-state index is 11.8. The first-order chi connectivity index (χ1) is 8.12. The first-order valence-electron chi connectivity index (χ1n) is 5.02. The molecule has 2 aromatic rings. The molecule has 2 heterocycles. The van der Waals surface area contributed by atoms with E-state index in [0.29, 0.717) is 17.9 Å². The van der Waals surface area contributed by atoms with Gasteiger partial charge in [-0.25, -0.2) is 23.1 Å². The average Bonchev–Trinajstić information content (AvgIpc) is 2.98. The Morgan fingerprint density at radius 2 is 2.29 bits per heavy atom. The lowest BCUT2D eigenvalue weighted by Crippen LogP contribution is -2.23. The summed E-state index contributed by atoms with van der Waals surface area (Å²) in [7, 11) is -3.53. The van der Waals surface area contributed by atoms with Crippen molar-refractivity contribution in [1.82, 2.24) is 19.7 Å². The molecule has 0 aliphatic heterocycles. The molecule has 17 heavy (non-hydrogen) atoms. The van der Waals surface area contributed by atoms with Crippen molar-refractivity contribution in [3.8, 4) is 0 Å². The number of aromatic nitrogens is 3. The fourth-order valence-corrected chi connectivity index (χ4v) is 2.73. The van der Waals surface area contributed by atoms with Crippen molar-refractivity contribution in [2.45, 2.75) is 24.9 Å². The number of sulfonamides is 1. The number of thiazole rings is 1. The average molecular weight is 272 g/mol. The van der Waals surface area contributed by atoms with E-state index >= 15 is 0 Å². The second-order valence-corrected chi connectivity index (χ2v) is 5.81. The van der Waals surface area contributed by atoms with Crippen molar-refractivity contribution in [1.29, 1.82) is 0 Å². The highest BCUT2D eigenvalue weighted by atomic mass is 32.2. The molecule has 0 aliphatic carbocycles. The van der Waals surface area contributed by atoms with Gasteiger partial charge < -0.3 is 4.98 Å². The van der Waals surface area contributed by atoms with Crippen LogP contribution in [0.3, 0.4) is 0 Å². The van der Waals surface area contributed by atoms with Crippen LogP contribution in [0.5, 0.6) is 0 Å². The molecule has 0 saturated carbocycles. The zero-order chi connectivity index (χ0) is 12.3. The largest absolute Gasteiger partial charge is 0.332 e. The van der Waals surface area contributed by atoms with Crippen molar-refractivity contribution in [2.75, 3.05) is 0 Å². The maximum Gasteiger partial charge on any atom is 0.257 e. The third-order valence-electron chi connectivity index (χ3n) is 2.16. The molecule has 2 rings (SSSR count). The van der Waals surface area contributed by atoms with Gasteiger partial charge in [0, 0.05) is 11.8 Å². The summed E-state index contributed by atoms with van der Waals surface area (Å²) in [6, 6.07) is 0. The lowest BCUT2D eigenvalue weighted by Gasteiger charge is -2.02. The van der Waals surface area contributed by atoms with Crippen LogP contribution in [0.25, 0.3) is 0 Å². The highest BCUT2D eigenvalue weighted by Gasteiger charge is 2.16. The summed E-state index contributed by atoms with van der Waals surface area (Å²) >= 11 is 1.43. The first kappa shape index (κ1) is 12.2. The van der Waals surface area contributed by atoms with Crippen LogP contribution in [0, 0.1) is 0 Å². The summed E-state index contributed by atoms with van der Waals surface area (Å²) in [4.78, 5) is 10.7. The molecule has 0 bridgehead atoms. The Morgan fingerprint density at radius 1 is 1.47 bits per heavy atom. The zero-order valence-electron chi connectivity index (χ0n) is 9.17. The second kappa shape index (κ2) is 4.94. The Labute approximate surface area is 103 Å². The number of H-pyrrole nitrogens is 1. The normalized spacial score (nSPS) is 11.8. The Kier molecular flexibility index (Phi) is 3.55. The molecule has 0 aromatic carbocycles. The minimum atomic E-state index is -3.53. The van der Waals surface area contributed by atoms with Crippen LogP contribution in [-0.4, -0.2) is 23.4 Å². The Hall–Kier alpha value is -1.25. The van der Waals surface area contributed by atoms with E-state index in [-0.39, 0.29) is 11.6 Å².